The predicted octanol–water partition coefficient (Wildman–Crippen LogP) is 4.70. The molecule has 192 valence electrons. The number of nitrogens with one attached hydrogen (secondary N) is 2. The first kappa shape index (κ1) is 25.9. The second-order valence-electron chi connectivity index (χ2n) is 9.76. The summed E-state index contributed by atoms with van der Waals surface area (Å²) in [6.45, 7) is 9.58. The van der Waals surface area contributed by atoms with Crippen molar-refractivity contribution in [3.63, 3.8) is 0 Å². The summed E-state index contributed by atoms with van der Waals surface area (Å²) in [6, 6.07) is 10.3. The summed E-state index contributed by atoms with van der Waals surface area (Å²) in [5.74, 6) is 2.14. The first-order valence-electron chi connectivity index (χ1n) is 12.4. The summed E-state index contributed by atoms with van der Waals surface area (Å²) in [6.07, 6.45) is 3.72. The quantitative estimate of drug-likeness (QED) is 0.324. The van der Waals surface area contributed by atoms with Gasteiger partial charge in [0.1, 0.15) is 23.8 Å². The highest BCUT2D eigenvalue weighted by Crippen LogP contribution is 2.28. The lowest BCUT2D eigenvalue weighted by atomic mass is 9.96. The maximum Gasteiger partial charge on any atom is 0.226 e. The number of fused-ring (bicyclic) bond motifs is 1. The van der Waals surface area contributed by atoms with E-state index in [9.17, 15) is 4.79 Å². The Morgan fingerprint density at radius 2 is 1.46 bits per heavy atom. The van der Waals surface area contributed by atoms with Crippen molar-refractivity contribution in [2.75, 3.05) is 30.5 Å². The van der Waals surface area contributed by atoms with Gasteiger partial charge in [-0.05, 0) is 84.2 Å². The van der Waals surface area contributed by atoms with Gasteiger partial charge >= 0.3 is 0 Å². The Morgan fingerprint density at radius 3 is 2.11 bits per heavy atom. The van der Waals surface area contributed by atoms with Crippen LogP contribution >= 0.6 is 0 Å². The number of hydrogen-bond acceptors (Lipinski definition) is 7. The maximum atomic E-state index is 12.2. The molecule has 0 fully saturated rings. The minimum absolute atomic E-state index is 0.105. The molecule has 0 atom stereocenters. The molecule has 0 saturated carbocycles. The van der Waals surface area contributed by atoms with Crippen molar-refractivity contribution in [2.45, 2.75) is 47.2 Å². The Labute approximate surface area is 218 Å². The van der Waals surface area contributed by atoms with Gasteiger partial charge in [-0.15, -0.1) is 0 Å². The molecule has 2 aromatic carbocycles. The van der Waals surface area contributed by atoms with E-state index in [2.05, 4.69) is 71.5 Å². The first-order chi connectivity index (χ1) is 17.6. The van der Waals surface area contributed by atoms with E-state index in [0.717, 1.165) is 50.2 Å². The average molecular weight is 498 g/mol. The Morgan fingerprint density at radius 1 is 0.838 bits per heavy atom. The van der Waals surface area contributed by atoms with E-state index in [0.29, 0.717) is 25.3 Å². The van der Waals surface area contributed by atoms with Crippen molar-refractivity contribution in [2.24, 2.45) is 0 Å². The first-order valence-corrected chi connectivity index (χ1v) is 12.4. The molecule has 0 radical (unpaired) electrons. The molecule has 0 bridgehead atoms. The highest BCUT2D eigenvalue weighted by atomic mass is 16.2. The van der Waals surface area contributed by atoms with Crippen LogP contribution in [0.2, 0.25) is 0 Å². The zero-order valence-electron chi connectivity index (χ0n) is 22.4. The molecule has 8 heteroatoms. The molecule has 4 N–H and O–H groups in total. The van der Waals surface area contributed by atoms with Crippen LogP contribution < -0.4 is 16.4 Å². The third-order valence-corrected chi connectivity index (χ3v) is 6.88. The number of carbonyl (C=O) groups is 1. The lowest BCUT2D eigenvalue weighted by Gasteiger charge is -2.16. The molecule has 4 aromatic rings. The molecule has 37 heavy (non-hydrogen) atoms. The Hall–Kier alpha value is -4.20. The van der Waals surface area contributed by atoms with Crippen LogP contribution in [0.15, 0.2) is 42.9 Å². The summed E-state index contributed by atoms with van der Waals surface area (Å²) in [5, 5.41) is 8.94. The summed E-state index contributed by atoms with van der Waals surface area (Å²) < 4.78 is 0. The lowest BCUT2D eigenvalue weighted by Crippen LogP contribution is -2.24. The van der Waals surface area contributed by atoms with Crippen molar-refractivity contribution in [1.29, 1.82) is 0 Å². The highest BCUT2D eigenvalue weighted by molar-refractivity contribution is 5.94. The molecule has 0 saturated heterocycles. The predicted molar refractivity (Wildman–Crippen MR) is 151 cm³/mol. The van der Waals surface area contributed by atoms with Crippen molar-refractivity contribution < 1.29 is 4.79 Å². The number of amides is 1. The largest absolute Gasteiger partial charge is 0.383 e. The average Bonchev–Trinajstić information content (AvgIpc) is 2.85. The van der Waals surface area contributed by atoms with Crippen LogP contribution in [0.4, 0.5) is 17.5 Å². The third-order valence-electron chi connectivity index (χ3n) is 6.88. The van der Waals surface area contributed by atoms with Gasteiger partial charge in [0.2, 0.25) is 5.91 Å². The summed E-state index contributed by atoms with van der Waals surface area (Å²) in [5.41, 5.74) is 14.1. The van der Waals surface area contributed by atoms with Gasteiger partial charge in [-0.2, -0.15) is 0 Å². The number of pyridine rings is 1. The zero-order valence-corrected chi connectivity index (χ0v) is 22.4. The number of benzene rings is 2. The Bertz CT molecular complexity index is 1440. The van der Waals surface area contributed by atoms with Gasteiger partial charge in [0.25, 0.3) is 0 Å². The highest BCUT2D eigenvalue weighted by Gasteiger charge is 2.13. The molecule has 1 amide bonds. The summed E-state index contributed by atoms with van der Waals surface area (Å²) in [7, 11) is 3.57. The molecule has 8 nitrogen and oxygen atoms in total. The topological polar surface area (TPSA) is 109 Å². The molecule has 2 aromatic heterocycles. The van der Waals surface area contributed by atoms with Crippen molar-refractivity contribution in [3.8, 4) is 0 Å². The van der Waals surface area contributed by atoms with E-state index in [-0.39, 0.29) is 5.91 Å². The number of nitrogens with zero attached hydrogens (tertiary/aromatic N) is 4. The van der Waals surface area contributed by atoms with Gasteiger partial charge in [-0.1, -0.05) is 12.1 Å². The number of rotatable bonds is 8. The van der Waals surface area contributed by atoms with E-state index < -0.39 is 0 Å². The molecule has 0 spiro atoms. The number of nitrogens with two attached hydrogens (primary N) is 1. The van der Waals surface area contributed by atoms with Crippen LogP contribution in [-0.4, -0.2) is 39.9 Å². The second kappa shape index (κ2) is 10.8. The van der Waals surface area contributed by atoms with E-state index in [4.69, 9.17) is 5.73 Å². The van der Waals surface area contributed by atoms with Crippen molar-refractivity contribution in [1.82, 2.24) is 19.9 Å². The number of aryl methyl sites for hydroxylation is 4. The Balaban J connectivity index is 1.44. The molecule has 0 aliphatic carbocycles. The van der Waals surface area contributed by atoms with E-state index in [1.54, 1.807) is 31.5 Å². The van der Waals surface area contributed by atoms with Gasteiger partial charge < -0.3 is 21.3 Å². The van der Waals surface area contributed by atoms with Gasteiger partial charge in [0.05, 0.1) is 6.42 Å². The molecule has 0 unspecified atom stereocenters. The monoisotopic (exact) mass is 497 g/mol. The van der Waals surface area contributed by atoms with E-state index in [1.807, 2.05) is 12.1 Å². The Kier molecular flexibility index (Phi) is 7.57. The number of hydrogen-bond donors (Lipinski definition) is 3. The maximum absolute atomic E-state index is 12.2. The second-order valence-corrected chi connectivity index (χ2v) is 9.76. The molecule has 0 aliphatic rings. The van der Waals surface area contributed by atoms with Crippen LogP contribution in [0.25, 0.3) is 10.8 Å². The van der Waals surface area contributed by atoms with Crippen LogP contribution in [0.1, 0.15) is 38.9 Å². The third kappa shape index (κ3) is 5.80. The van der Waals surface area contributed by atoms with Gasteiger partial charge in [-0.3, -0.25) is 4.79 Å². The fourth-order valence-electron chi connectivity index (χ4n) is 4.70. The number of carbonyl (C=O) groups excluding carboxylic acids is 1. The normalized spacial score (nSPS) is 11.0. The molecular weight excluding hydrogens is 462 g/mol. The van der Waals surface area contributed by atoms with E-state index in [1.165, 1.54) is 11.1 Å². The lowest BCUT2D eigenvalue weighted by molar-refractivity contribution is -0.127. The van der Waals surface area contributed by atoms with Crippen LogP contribution in [0.3, 0.4) is 0 Å². The summed E-state index contributed by atoms with van der Waals surface area (Å²) in [4.78, 5) is 26.8. The smallest absolute Gasteiger partial charge is 0.226 e. The fourth-order valence-corrected chi connectivity index (χ4v) is 4.70. The minimum atomic E-state index is 0.105. The molecular formula is C29H35N7O. The molecule has 2 heterocycles. The molecule has 4 rings (SSSR count). The standard InChI is InChI=1S/C29H35N7O/c1-17-9-21(10-18(2)23(17)12-28(37)36(5)6)14-32-26-13-27(35-16-34-26)33-15-25-19(3)11-24-22(20(25)4)7-8-31-29(24)30/h7-11,13,16H,12,14-15H2,1-6H3,(H2,30,31)(H2,32,33,34,35). The molecule has 0 aliphatic heterocycles. The summed E-state index contributed by atoms with van der Waals surface area (Å²) >= 11 is 0. The number of anilines is 3. The number of aromatic nitrogens is 3. The van der Waals surface area contributed by atoms with Crippen molar-refractivity contribution >= 4 is 34.1 Å². The zero-order chi connectivity index (χ0) is 26.7. The van der Waals surface area contributed by atoms with Crippen LogP contribution in [-0.2, 0) is 24.3 Å². The van der Waals surface area contributed by atoms with E-state index >= 15 is 0 Å². The number of nitrogen functional groups attached to an aromatic ring is 1. The van der Waals surface area contributed by atoms with Crippen LogP contribution in [0, 0.1) is 27.7 Å². The van der Waals surface area contributed by atoms with Gasteiger partial charge in [0.15, 0.2) is 0 Å². The van der Waals surface area contributed by atoms with Gasteiger partial charge in [0, 0.05) is 44.8 Å². The minimum Gasteiger partial charge on any atom is -0.383 e. The van der Waals surface area contributed by atoms with Crippen molar-refractivity contribution in [3.05, 3.63) is 81.8 Å². The fraction of sp³-hybridized carbons (Fsp3) is 0.310. The van der Waals surface area contributed by atoms with Gasteiger partial charge in [-0.25, -0.2) is 15.0 Å². The van der Waals surface area contributed by atoms with Crippen LogP contribution in [0.5, 0.6) is 0 Å². The SMILES string of the molecule is Cc1cc(CNc2cc(NCc3c(C)cc4c(N)nccc4c3C)ncn2)cc(C)c1CC(=O)N(C)C. The number of likely N-dealkylation sites (N-methyl/N-ethyl adjacent to an activating group) is 1.